The molecule has 1 aromatic carbocycles. The first-order valence-corrected chi connectivity index (χ1v) is 6.68. The van der Waals surface area contributed by atoms with Gasteiger partial charge in [-0.3, -0.25) is 0 Å². The Labute approximate surface area is 132 Å². The Morgan fingerprint density at radius 1 is 1.37 bits per heavy atom. The smallest absolute Gasteiger partial charge is 0.113 e. The van der Waals surface area contributed by atoms with Gasteiger partial charge in [0.1, 0.15) is 13.1 Å². The Bertz CT molecular complexity index is 394. The molecule has 4 nitrogen and oxygen atoms in total. The van der Waals surface area contributed by atoms with Gasteiger partial charge in [0.25, 0.3) is 0 Å². The number of hydroxylamine groups is 3. The zero-order valence-corrected chi connectivity index (χ0v) is 13.9. The highest BCUT2D eigenvalue weighted by Gasteiger charge is 2.29. The Hall–Kier alpha value is -0.530. The lowest BCUT2D eigenvalue weighted by Gasteiger charge is -2.27. The molecule has 2 rings (SSSR count). The van der Waals surface area contributed by atoms with E-state index >= 15 is 0 Å². The molecule has 2 unspecified atom stereocenters. The molecule has 0 bridgehead atoms. The summed E-state index contributed by atoms with van der Waals surface area (Å²) in [6, 6.07) is 8.04. The highest BCUT2D eigenvalue weighted by atomic mass is 127. The number of quaternary nitrogens is 1. The third-order valence-electron chi connectivity index (χ3n) is 3.88. The number of nitrogens with two attached hydrogens (primary N) is 1. The zero-order valence-electron chi connectivity index (χ0n) is 11.7. The highest BCUT2D eigenvalue weighted by molar-refractivity contribution is 5.53. The van der Waals surface area contributed by atoms with E-state index in [0.29, 0.717) is 5.92 Å². The molecule has 5 heteroatoms. The molecule has 19 heavy (non-hydrogen) atoms. The number of rotatable bonds is 4. The van der Waals surface area contributed by atoms with Crippen molar-refractivity contribution in [2.75, 3.05) is 43.9 Å². The maximum Gasteiger partial charge on any atom is 0.113 e. The monoisotopic (exact) mass is 377 g/mol. The van der Waals surface area contributed by atoms with Crippen molar-refractivity contribution < 1.29 is 33.8 Å². The fourth-order valence-electron chi connectivity index (χ4n) is 2.59. The summed E-state index contributed by atoms with van der Waals surface area (Å²) in [7, 11) is 1.88. The molecular weight excluding hydrogens is 353 g/mol. The third kappa shape index (κ3) is 4.50. The molecule has 0 radical (unpaired) electrons. The Balaban J connectivity index is 0.00000180. The number of anilines is 2. The summed E-state index contributed by atoms with van der Waals surface area (Å²) in [5.74, 6) is 0.567. The van der Waals surface area contributed by atoms with Crippen LogP contribution >= 0.6 is 0 Å². The van der Waals surface area contributed by atoms with Gasteiger partial charge in [-0.05, 0) is 37.6 Å². The van der Waals surface area contributed by atoms with Gasteiger partial charge >= 0.3 is 0 Å². The lowest BCUT2D eigenvalue weighted by Crippen LogP contribution is -3.00. The van der Waals surface area contributed by atoms with E-state index in [4.69, 9.17) is 5.73 Å². The third-order valence-corrected chi connectivity index (χ3v) is 3.88. The first-order valence-electron chi connectivity index (χ1n) is 6.68. The van der Waals surface area contributed by atoms with Crippen LogP contribution in [0.2, 0.25) is 0 Å². The predicted molar refractivity (Wildman–Crippen MR) is 74.6 cm³/mol. The molecule has 0 aromatic heterocycles. The molecule has 1 aliphatic rings. The molecule has 1 saturated heterocycles. The molecule has 1 aromatic rings. The van der Waals surface area contributed by atoms with Gasteiger partial charge in [0.15, 0.2) is 0 Å². The number of benzene rings is 1. The van der Waals surface area contributed by atoms with E-state index < -0.39 is 0 Å². The van der Waals surface area contributed by atoms with Gasteiger partial charge in [0, 0.05) is 30.4 Å². The summed E-state index contributed by atoms with van der Waals surface area (Å²) in [5.41, 5.74) is 7.74. The summed E-state index contributed by atoms with van der Waals surface area (Å²) in [6.07, 6.45) is 1.15. The van der Waals surface area contributed by atoms with E-state index in [1.807, 2.05) is 26.1 Å². The van der Waals surface area contributed by atoms with Crippen LogP contribution in [0.1, 0.15) is 13.3 Å². The lowest BCUT2D eigenvalue weighted by molar-refractivity contribution is -1.09. The second-order valence-electron chi connectivity index (χ2n) is 5.53. The minimum Gasteiger partial charge on any atom is -1.00 e. The van der Waals surface area contributed by atoms with Crippen molar-refractivity contribution in [2.24, 2.45) is 5.92 Å². The normalized spacial score (nSPS) is 21.8. The number of nitrogen functional groups attached to an aromatic ring is 1. The Morgan fingerprint density at radius 3 is 2.58 bits per heavy atom. The number of hydrogen-bond donors (Lipinski definition) is 2. The molecule has 0 saturated carbocycles. The molecule has 0 spiro atoms. The zero-order chi connectivity index (χ0) is 13.2. The molecule has 0 aliphatic carbocycles. The molecular formula is C14H24IN3O. The van der Waals surface area contributed by atoms with Crippen LogP contribution in [-0.4, -0.2) is 43.1 Å². The van der Waals surface area contributed by atoms with Crippen molar-refractivity contribution in [2.45, 2.75) is 13.3 Å². The molecule has 1 aliphatic heterocycles. The van der Waals surface area contributed by atoms with Gasteiger partial charge in [-0.25, -0.2) is 5.21 Å². The lowest BCUT2D eigenvalue weighted by atomic mass is 10.1. The van der Waals surface area contributed by atoms with Crippen LogP contribution in [0.25, 0.3) is 0 Å². The van der Waals surface area contributed by atoms with Crippen LogP contribution in [0, 0.1) is 5.92 Å². The summed E-state index contributed by atoms with van der Waals surface area (Å²) >= 11 is 0. The van der Waals surface area contributed by atoms with Crippen LogP contribution in [-0.2, 0) is 0 Å². The van der Waals surface area contributed by atoms with E-state index in [9.17, 15) is 5.21 Å². The fourth-order valence-corrected chi connectivity index (χ4v) is 2.59. The Kier molecular flexibility index (Phi) is 5.88. The maximum atomic E-state index is 10.1. The second-order valence-corrected chi connectivity index (χ2v) is 5.53. The van der Waals surface area contributed by atoms with Gasteiger partial charge < -0.3 is 34.6 Å². The van der Waals surface area contributed by atoms with Gasteiger partial charge in [-0.2, -0.15) is 4.65 Å². The topological polar surface area (TPSA) is 49.5 Å². The summed E-state index contributed by atoms with van der Waals surface area (Å²) in [5, 5.41) is 10.1. The minimum atomic E-state index is 0. The minimum absolute atomic E-state index is 0. The predicted octanol–water partition coefficient (Wildman–Crippen LogP) is -1.05. The molecule has 0 amide bonds. The average Bonchev–Trinajstić information content (AvgIpc) is 2.78. The van der Waals surface area contributed by atoms with E-state index in [1.165, 1.54) is 5.69 Å². The van der Waals surface area contributed by atoms with Crippen molar-refractivity contribution in [3.63, 3.8) is 0 Å². The van der Waals surface area contributed by atoms with Crippen molar-refractivity contribution in [3.05, 3.63) is 24.3 Å². The Morgan fingerprint density at radius 2 is 2.00 bits per heavy atom. The van der Waals surface area contributed by atoms with E-state index in [-0.39, 0.29) is 28.6 Å². The SMILES string of the molecule is CC[N+](C)(O)CC1CCN(c2ccc(N)cc2)C1.[I-]. The van der Waals surface area contributed by atoms with Crippen molar-refractivity contribution >= 4 is 11.4 Å². The van der Waals surface area contributed by atoms with E-state index in [2.05, 4.69) is 17.0 Å². The summed E-state index contributed by atoms with van der Waals surface area (Å²) < 4.78 is 0.125. The summed E-state index contributed by atoms with van der Waals surface area (Å²) in [6.45, 7) is 5.71. The largest absolute Gasteiger partial charge is 1.00 e. The van der Waals surface area contributed by atoms with Crippen molar-refractivity contribution in [3.8, 4) is 0 Å². The van der Waals surface area contributed by atoms with Crippen LogP contribution in [0.3, 0.4) is 0 Å². The number of nitrogens with zero attached hydrogens (tertiary/aromatic N) is 2. The number of halogens is 1. The molecule has 3 N–H and O–H groups in total. The fraction of sp³-hybridized carbons (Fsp3) is 0.571. The molecule has 1 fully saturated rings. The first-order chi connectivity index (χ1) is 8.50. The van der Waals surface area contributed by atoms with Gasteiger partial charge in [-0.1, -0.05) is 0 Å². The van der Waals surface area contributed by atoms with Gasteiger partial charge in [0.2, 0.25) is 0 Å². The molecule has 108 valence electrons. The van der Waals surface area contributed by atoms with Crippen LogP contribution < -0.4 is 34.6 Å². The average molecular weight is 377 g/mol. The van der Waals surface area contributed by atoms with E-state index in [0.717, 1.165) is 38.3 Å². The van der Waals surface area contributed by atoms with Crippen LogP contribution in [0.15, 0.2) is 24.3 Å². The van der Waals surface area contributed by atoms with Crippen LogP contribution in [0.5, 0.6) is 0 Å². The first kappa shape index (κ1) is 16.5. The van der Waals surface area contributed by atoms with Crippen molar-refractivity contribution in [1.82, 2.24) is 0 Å². The van der Waals surface area contributed by atoms with Gasteiger partial charge in [-0.15, -0.1) is 0 Å². The quantitative estimate of drug-likeness (QED) is 0.305. The highest BCUT2D eigenvalue weighted by Crippen LogP contribution is 2.25. The van der Waals surface area contributed by atoms with Gasteiger partial charge in [0.05, 0.1) is 7.05 Å². The standard InChI is InChI=1S/C14H24N3O.HI/c1-3-17(2,18)11-12-8-9-16(10-12)14-6-4-13(15)5-7-14;/h4-7,12,18H,3,8-11,15H2,1-2H3;1H/q+1;/p-1. The maximum absolute atomic E-state index is 10.1. The molecule has 1 heterocycles. The van der Waals surface area contributed by atoms with Crippen LogP contribution in [0.4, 0.5) is 11.4 Å². The molecule has 2 atom stereocenters. The second kappa shape index (κ2) is 6.76. The van der Waals surface area contributed by atoms with Crippen molar-refractivity contribution in [1.29, 1.82) is 0 Å². The summed E-state index contributed by atoms with van der Waals surface area (Å²) in [4.78, 5) is 2.37. The number of hydrogen-bond acceptors (Lipinski definition) is 3. The van der Waals surface area contributed by atoms with E-state index in [1.54, 1.807) is 0 Å².